The number of fused-ring (bicyclic) bond motifs is 1. The van der Waals surface area contributed by atoms with Crippen molar-refractivity contribution in [3.8, 4) is 0 Å². The van der Waals surface area contributed by atoms with Gasteiger partial charge in [0.1, 0.15) is 6.10 Å². The molecule has 29 heavy (non-hydrogen) atoms. The third-order valence-corrected chi connectivity index (χ3v) is 5.11. The maximum atomic E-state index is 11.7. The average molecular weight is 402 g/mol. The van der Waals surface area contributed by atoms with E-state index in [0.717, 1.165) is 17.7 Å². The Kier molecular flexibility index (Phi) is 7.22. The summed E-state index contributed by atoms with van der Waals surface area (Å²) < 4.78 is 23.6. The molecule has 2 aliphatic rings. The summed E-state index contributed by atoms with van der Waals surface area (Å²) in [5, 5.41) is 0. The van der Waals surface area contributed by atoms with Crippen LogP contribution in [0.3, 0.4) is 0 Å². The molecule has 1 aromatic heterocycles. The average Bonchev–Trinajstić information content (AvgIpc) is 3.00. The summed E-state index contributed by atoms with van der Waals surface area (Å²) in [5.74, 6) is -0.769. The molecule has 6 heteroatoms. The summed E-state index contributed by atoms with van der Waals surface area (Å²) in [6, 6.07) is 5.85. The summed E-state index contributed by atoms with van der Waals surface area (Å²) in [6.45, 7) is 8.54. The smallest absolute Gasteiger partial charge is 0.330 e. The number of hydrogen-bond donors (Lipinski definition) is 0. The van der Waals surface area contributed by atoms with Crippen molar-refractivity contribution in [3.63, 3.8) is 0 Å². The number of nitrogens with zero attached hydrogens (tertiary/aromatic N) is 1. The van der Waals surface area contributed by atoms with Gasteiger partial charge in [0, 0.05) is 18.2 Å². The van der Waals surface area contributed by atoms with Gasteiger partial charge < -0.3 is 18.9 Å². The maximum absolute atomic E-state index is 11.7. The number of esters is 1. The van der Waals surface area contributed by atoms with Crippen LogP contribution in [0.15, 0.2) is 42.1 Å². The first kappa shape index (κ1) is 21.7. The highest BCUT2D eigenvalue weighted by Crippen LogP contribution is 2.40. The number of pyridine rings is 1. The maximum Gasteiger partial charge on any atom is 0.330 e. The van der Waals surface area contributed by atoms with Crippen molar-refractivity contribution in [3.05, 3.63) is 47.8 Å². The molecule has 158 valence electrons. The zero-order valence-corrected chi connectivity index (χ0v) is 17.7. The third kappa shape index (κ3) is 5.98. The van der Waals surface area contributed by atoms with Gasteiger partial charge in [-0.2, -0.15) is 0 Å². The fraction of sp³-hybridized carbons (Fsp3) is 0.565. The fourth-order valence-electron chi connectivity index (χ4n) is 3.88. The van der Waals surface area contributed by atoms with Crippen LogP contribution in [0.5, 0.6) is 0 Å². The van der Waals surface area contributed by atoms with Crippen LogP contribution < -0.4 is 0 Å². The molecule has 0 unspecified atom stereocenters. The zero-order valence-electron chi connectivity index (χ0n) is 17.7. The van der Waals surface area contributed by atoms with E-state index in [0.29, 0.717) is 19.6 Å². The molecule has 0 aliphatic carbocycles. The van der Waals surface area contributed by atoms with E-state index in [9.17, 15) is 4.79 Å². The monoisotopic (exact) mass is 401 g/mol. The van der Waals surface area contributed by atoms with Gasteiger partial charge in [-0.15, -0.1) is 0 Å². The predicted molar refractivity (Wildman–Crippen MR) is 110 cm³/mol. The Morgan fingerprint density at radius 1 is 1.31 bits per heavy atom. The zero-order chi connectivity index (χ0) is 20.9. The van der Waals surface area contributed by atoms with Gasteiger partial charge in [0.05, 0.1) is 31.1 Å². The molecule has 2 aliphatic heterocycles. The van der Waals surface area contributed by atoms with Crippen LogP contribution in [0.1, 0.15) is 46.2 Å². The second kappa shape index (κ2) is 9.65. The van der Waals surface area contributed by atoms with Crippen molar-refractivity contribution in [1.82, 2.24) is 4.98 Å². The van der Waals surface area contributed by atoms with Gasteiger partial charge in [0.25, 0.3) is 0 Å². The van der Waals surface area contributed by atoms with E-state index < -0.39 is 5.79 Å². The Balaban J connectivity index is 1.64. The molecule has 0 radical (unpaired) electrons. The molecular formula is C23H31NO5. The molecule has 0 amide bonds. The molecule has 0 bridgehead atoms. The molecule has 1 aromatic rings. The molecular weight excluding hydrogens is 370 g/mol. The highest BCUT2D eigenvalue weighted by atomic mass is 16.8. The van der Waals surface area contributed by atoms with Crippen molar-refractivity contribution < 1.29 is 23.7 Å². The second-order valence-electron chi connectivity index (χ2n) is 8.04. The number of carbonyl (C=O) groups is 1. The number of ether oxygens (including phenoxy) is 4. The highest BCUT2D eigenvalue weighted by Gasteiger charge is 2.51. The Labute approximate surface area is 172 Å². The molecule has 0 saturated carbocycles. The minimum absolute atomic E-state index is 0.0486. The molecule has 6 nitrogen and oxygen atoms in total. The lowest BCUT2D eigenvalue weighted by Crippen LogP contribution is -2.48. The van der Waals surface area contributed by atoms with Crippen molar-refractivity contribution in [1.29, 1.82) is 0 Å². The molecule has 3 rings (SSSR count). The molecule has 0 aromatic carbocycles. The largest absolute Gasteiger partial charge is 0.463 e. The van der Waals surface area contributed by atoms with E-state index in [2.05, 4.69) is 11.1 Å². The number of rotatable bonds is 7. The van der Waals surface area contributed by atoms with Crippen LogP contribution in [0.4, 0.5) is 0 Å². The van der Waals surface area contributed by atoms with Crippen molar-refractivity contribution in [2.45, 2.75) is 64.6 Å². The minimum Gasteiger partial charge on any atom is -0.463 e. The first-order valence-electron chi connectivity index (χ1n) is 10.3. The van der Waals surface area contributed by atoms with Crippen LogP contribution >= 0.6 is 0 Å². The van der Waals surface area contributed by atoms with E-state index in [1.807, 2.05) is 45.0 Å². The van der Waals surface area contributed by atoms with Gasteiger partial charge in [0.15, 0.2) is 5.79 Å². The van der Waals surface area contributed by atoms with E-state index >= 15 is 0 Å². The standard InChI is InChI=1S/C23H31NO5/c1-5-26-20(25)14-16(2)13-19-22-21(28-23(3,4)29-22)17(15-27-19)9-8-11-18-10-6-7-12-24-18/h6-8,10-12,14,17,19,21-22H,5,9,13,15H2,1-4H3/b11-8+,16-14+/t17-,19-,21+,22-/m0/s1. The van der Waals surface area contributed by atoms with E-state index in [4.69, 9.17) is 18.9 Å². The van der Waals surface area contributed by atoms with Gasteiger partial charge in [0.2, 0.25) is 0 Å². The molecule has 4 atom stereocenters. The van der Waals surface area contributed by atoms with Crippen LogP contribution in [0, 0.1) is 5.92 Å². The van der Waals surface area contributed by atoms with Crippen LogP contribution in [-0.4, -0.2) is 48.3 Å². The molecule has 2 saturated heterocycles. The second-order valence-corrected chi connectivity index (χ2v) is 8.04. The van der Waals surface area contributed by atoms with E-state index in [1.54, 1.807) is 13.1 Å². The first-order valence-corrected chi connectivity index (χ1v) is 10.3. The molecule has 3 heterocycles. The SMILES string of the molecule is CCOC(=O)/C=C(\C)C[C@@H]1OC[C@H](C/C=C/c2ccccn2)[C@H]2OC(C)(C)O[C@H]21. The van der Waals surface area contributed by atoms with Gasteiger partial charge in [-0.3, -0.25) is 4.98 Å². The summed E-state index contributed by atoms with van der Waals surface area (Å²) in [6.07, 6.45) is 8.52. The van der Waals surface area contributed by atoms with Crippen molar-refractivity contribution >= 4 is 12.0 Å². The number of aromatic nitrogens is 1. The van der Waals surface area contributed by atoms with E-state index in [1.165, 1.54) is 6.08 Å². The number of carbonyl (C=O) groups excluding carboxylic acids is 1. The van der Waals surface area contributed by atoms with Crippen molar-refractivity contribution in [2.24, 2.45) is 5.92 Å². The Bertz CT molecular complexity index is 743. The first-order chi connectivity index (χ1) is 13.9. The summed E-state index contributed by atoms with van der Waals surface area (Å²) in [5.41, 5.74) is 1.84. The van der Waals surface area contributed by atoms with Crippen LogP contribution in [0.25, 0.3) is 6.08 Å². The van der Waals surface area contributed by atoms with Gasteiger partial charge in [-0.1, -0.05) is 17.7 Å². The summed E-state index contributed by atoms with van der Waals surface area (Å²) in [7, 11) is 0. The van der Waals surface area contributed by atoms with Crippen molar-refractivity contribution in [2.75, 3.05) is 13.2 Å². The summed E-state index contributed by atoms with van der Waals surface area (Å²) in [4.78, 5) is 16.0. The fourth-order valence-corrected chi connectivity index (χ4v) is 3.88. The van der Waals surface area contributed by atoms with Gasteiger partial charge >= 0.3 is 5.97 Å². The Morgan fingerprint density at radius 2 is 2.10 bits per heavy atom. The normalized spacial score (nSPS) is 29.0. The third-order valence-electron chi connectivity index (χ3n) is 5.11. The number of allylic oxidation sites excluding steroid dienone is 1. The Morgan fingerprint density at radius 3 is 2.83 bits per heavy atom. The molecule has 2 fully saturated rings. The highest BCUT2D eigenvalue weighted by molar-refractivity contribution is 5.82. The Hall–Kier alpha value is -2.02. The molecule has 0 N–H and O–H groups in total. The van der Waals surface area contributed by atoms with E-state index in [-0.39, 0.29) is 30.2 Å². The lowest BCUT2D eigenvalue weighted by Gasteiger charge is -2.37. The van der Waals surface area contributed by atoms with Crippen LogP contribution in [-0.2, 0) is 23.7 Å². The quantitative estimate of drug-likeness (QED) is 0.510. The lowest BCUT2D eigenvalue weighted by molar-refractivity contribution is -0.153. The molecule has 0 spiro atoms. The number of hydrogen-bond acceptors (Lipinski definition) is 6. The van der Waals surface area contributed by atoms with Gasteiger partial charge in [-0.25, -0.2) is 4.79 Å². The van der Waals surface area contributed by atoms with Gasteiger partial charge in [-0.05, 0) is 58.7 Å². The topological polar surface area (TPSA) is 66.9 Å². The van der Waals surface area contributed by atoms with Crippen LogP contribution in [0.2, 0.25) is 0 Å². The summed E-state index contributed by atoms with van der Waals surface area (Å²) >= 11 is 0. The predicted octanol–water partition coefficient (Wildman–Crippen LogP) is 3.92. The lowest BCUT2D eigenvalue weighted by atomic mass is 9.87. The minimum atomic E-state index is -0.650.